The van der Waals surface area contributed by atoms with E-state index in [1.807, 2.05) is 0 Å². The first-order valence-corrected chi connectivity index (χ1v) is 6.50. The van der Waals surface area contributed by atoms with Gasteiger partial charge in [-0.2, -0.15) is 0 Å². The summed E-state index contributed by atoms with van der Waals surface area (Å²) in [6, 6.07) is 6.36. The number of hydrogen-bond acceptors (Lipinski definition) is 10. The number of nitrogens with zero attached hydrogens (tertiary/aromatic N) is 5. The molecule has 2 aromatic carbocycles. The Labute approximate surface area is 147 Å². The second-order valence-electron chi connectivity index (χ2n) is 4.51. The lowest BCUT2D eigenvalue weighted by Gasteiger charge is -1.93. The average Bonchev–Trinajstić information content (AvgIpc) is 2.61. The van der Waals surface area contributed by atoms with Crippen LogP contribution in [0.3, 0.4) is 0 Å². The zero-order chi connectivity index (χ0) is 20.7. The predicted molar refractivity (Wildman–Crippen MR) is 86.2 cm³/mol. The molecule has 2 rings (SSSR count). The molecule has 0 heterocycles. The van der Waals surface area contributed by atoms with E-state index in [1.54, 1.807) is 0 Å². The van der Waals surface area contributed by atoms with Crippen LogP contribution in [0.2, 0.25) is 0 Å². The van der Waals surface area contributed by atoms with Crippen LogP contribution in [-0.2, 0) is 0 Å². The zero-order valence-electron chi connectivity index (χ0n) is 12.9. The molecule has 27 heavy (non-hydrogen) atoms. The maximum absolute atomic E-state index is 10.3. The van der Waals surface area contributed by atoms with E-state index in [1.165, 1.54) is 0 Å². The summed E-state index contributed by atoms with van der Waals surface area (Å²) in [7, 11) is 0. The van der Waals surface area contributed by atoms with E-state index in [9.17, 15) is 50.6 Å². The van der Waals surface area contributed by atoms with E-state index in [0.717, 1.165) is 24.3 Å². The highest BCUT2D eigenvalue weighted by molar-refractivity contribution is 5.52. The van der Waals surface area contributed by atoms with Crippen LogP contribution in [0.5, 0.6) is 0 Å². The van der Waals surface area contributed by atoms with E-state index >= 15 is 0 Å². The lowest BCUT2D eigenvalue weighted by Crippen LogP contribution is -1.96. The van der Waals surface area contributed by atoms with Crippen molar-refractivity contribution in [1.82, 2.24) is 0 Å². The molecule has 0 N–H and O–H groups in total. The number of nitro benzene ring substituents is 5. The monoisotopic (exact) mass is 381 g/mol. The number of benzene rings is 2. The van der Waals surface area contributed by atoms with E-state index in [-0.39, 0.29) is 11.4 Å². The van der Waals surface area contributed by atoms with Gasteiger partial charge in [0, 0.05) is 24.3 Å². The molecule has 140 valence electrons. The highest BCUT2D eigenvalue weighted by atomic mass is 16.6. The van der Waals surface area contributed by atoms with Crippen LogP contribution >= 0.6 is 0 Å². The summed E-state index contributed by atoms with van der Waals surface area (Å²) in [5.74, 6) is 0. The Morgan fingerprint density at radius 1 is 0.407 bits per heavy atom. The smallest absolute Gasteiger partial charge is 0.258 e. The number of nitro groups is 5. The molecule has 0 aliphatic carbocycles. The van der Waals surface area contributed by atoms with Gasteiger partial charge in [-0.1, -0.05) is 0 Å². The van der Waals surface area contributed by atoms with Gasteiger partial charge >= 0.3 is 0 Å². The second-order valence-corrected chi connectivity index (χ2v) is 4.51. The molecule has 0 spiro atoms. The third kappa shape index (κ3) is 5.78. The van der Waals surface area contributed by atoms with Crippen molar-refractivity contribution < 1.29 is 24.6 Å². The van der Waals surface area contributed by atoms with Gasteiger partial charge in [0.2, 0.25) is 0 Å². The Morgan fingerprint density at radius 2 is 0.593 bits per heavy atom. The van der Waals surface area contributed by atoms with E-state index in [2.05, 4.69) is 0 Å². The van der Waals surface area contributed by atoms with Crippen molar-refractivity contribution in [3.05, 3.63) is 93.0 Å². The third-order valence-corrected chi connectivity index (χ3v) is 2.79. The summed E-state index contributed by atoms with van der Waals surface area (Å²) in [6.45, 7) is 0. The van der Waals surface area contributed by atoms with Crippen LogP contribution in [-0.4, -0.2) is 24.6 Å². The fraction of sp³-hybridized carbons (Fsp3) is 0. The number of non-ortho nitro benzene ring substituents is 5. The first kappa shape index (κ1) is 20.5. The lowest BCUT2D eigenvalue weighted by molar-refractivity contribution is -0.403. The maximum atomic E-state index is 10.3. The standard InChI is InChI=1S/C6H3N3O6.C6H4N2O4/c10-7(11)4-1-5(8(12)13)3-6(2-4)9(14)15;9-7(10)5-1-2-6(4-3-5)8(11)12/h1-3H;1-4H. The number of rotatable bonds is 5. The molecule has 0 aliphatic heterocycles. The van der Waals surface area contributed by atoms with Crippen LogP contribution in [0.1, 0.15) is 0 Å². The van der Waals surface area contributed by atoms with Crippen LogP contribution in [0.25, 0.3) is 0 Å². The van der Waals surface area contributed by atoms with E-state index in [4.69, 9.17) is 0 Å². The van der Waals surface area contributed by atoms with Crippen molar-refractivity contribution in [1.29, 1.82) is 0 Å². The van der Waals surface area contributed by atoms with Crippen molar-refractivity contribution in [2.45, 2.75) is 0 Å². The van der Waals surface area contributed by atoms with Gasteiger partial charge in [0.15, 0.2) is 0 Å². The Hall–Kier alpha value is -4.56. The lowest BCUT2D eigenvalue weighted by atomic mass is 10.2. The summed E-state index contributed by atoms with van der Waals surface area (Å²) >= 11 is 0. The van der Waals surface area contributed by atoms with Gasteiger partial charge in [-0.15, -0.1) is 0 Å². The van der Waals surface area contributed by atoms with Crippen molar-refractivity contribution in [2.24, 2.45) is 0 Å². The Balaban J connectivity index is 0.000000277. The molecule has 15 heteroatoms. The first-order chi connectivity index (χ1) is 12.5. The first-order valence-electron chi connectivity index (χ1n) is 6.50. The van der Waals surface area contributed by atoms with Crippen molar-refractivity contribution >= 4 is 28.4 Å². The van der Waals surface area contributed by atoms with Gasteiger partial charge in [0.1, 0.15) is 0 Å². The molecular weight excluding hydrogens is 374 g/mol. The molecule has 0 aromatic heterocycles. The van der Waals surface area contributed by atoms with E-state index in [0.29, 0.717) is 18.2 Å². The molecule has 0 unspecified atom stereocenters. The predicted octanol–water partition coefficient (Wildman–Crippen LogP) is 2.91. The molecule has 2 aromatic rings. The van der Waals surface area contributed by atoms with Crippen LogP contribution in [0.4, 0.5) is 28.4 Å². The summed E-state index contributed by atoms with van der Waals surface area (Å²) < 4.78 is 0. The molecule has 0 saturated carbocycles. The largest absolute Gasteiger partial charge is 0.283 e. The fourth-order valence-electron chi connectivity index (χ4n) is 1.59. The van der Waals surface area contributed by atoms with E-state index < -0.39 is 41.7 Å². The van der Waals surface area contributed by atoms with Crippen molar-refractivity contribution in [3.8, 4) is 0 Å². The summed E-state index contributed by atoms with van der Waals surface area (Å²) in [4.78, 5) is 47.2. The van der Waals surface area contributed by atoms with Gasteiger partial charge in [-0.3, -0.25) is 50.6 Å². The second kappa shape index (κ2) is 8.51. The molecular formula is C12H7N5O10. The highest BCUT2D eigenvalue weighted by Crippen LogP contribution is 2.26. The quantitative estimate of drug-likeness (QED) is 0.544. The molecule has 0 atom stereocenters. The maximum Gasteiger partial charge on any atom is 0.283 e. The Bertz CT molecular complexity index is 815. The highest BCUT2D eigenvalue weighted by Gasteiger charge is 2.21. The summed E-state index contributed by atoms with van der Waals surface area (Å²) in [5, 5.41) is 51.2. The van der Waals surface area contributed by atoms with Crippen LogP contribution < -0.4 is 0 Å². The van der Waals surface area contributed by atoms with Gasteiger partial charge in [0.25, 0.3) is 28.4 Å². The molecule has 0 bridgehead atoms. The molecule has 0 fully saturated rings. The normalized spacial score (nSPS) is 9.48. The van der Waals surface area contributed by atoms with Gasteiger partial charge < -0.3 is 0 Å². The summed E-state index contributed by atoms with van der Waals surface area (Å²) in [5.41, 5.74) is -2.36. The van der Waals surface area contributed by atoms with Crippen molar-refractivity contribution in [3.63, 3.8) is 0 Å². The summed E-state index contributed by atoms with van der Waals surface area (Å²) in [6.07, 6.45) is 0. The SMILES string of the molecule is O=[N+]([O-])c1cc([N+](=O)[O-])cc([N+](=O)[O-])c1.O=[N+]([O-])c1ccc([N+](=O)[O-])cc1. The minimum atomic E-state index is -0.931. The van der Waals surface area contributed by atoms with Crippen molar-refractivity contribution in [2.75, 3.05) is 0 Å². The van der Waals surface area contributed by atoms with Gasteiger partial charge in [-0.05, 0) is 0 Å². The molecule has 15 nitrogen and oxygen atoms in total. The Morgan fingerprint density at radius 3 is 0.741 bits per heavy atom. The third-order valence-electron chi connectivity index (χ3n) is 2.79. The van der Waals surface area contributed by atoms with Gasteiger partial charge in [0.05, 0.1) is 42.8 Å². The fourth-order valence-corrected chi connectivity index (χ4v) is 1.59. The van der Waals surface area contributed by atoms with Crippen LogP contribution in [0, 0.1) is 50.6 Å². The average molecular weight is 381 g/mol. The Kier molecular flexibility index (Phi) is 6.46. The topological polar surface area (TPSA) is 216 Å². The number of hydrogen-bond donors (Lipinski definition) is 0. The minimum absolute atomic E-state index is 0.152. The van der Waals surface area contributed by atoms with Gasteiger partial charge in [-0.25, -0.2) is 0 Å². The molecule has 0 radical (unpaired) electrons. The molecule has 0 saturated heterocycles. The van der Waals surface area contributed by atoms with Crippen LogP contribution in [0.15, 0.2) is 42.5 Å². The minimum Gasteiger partial charge on any atom is -0.258 e. The zero-order valence-corrected chi connectivity index (χ0v) is 12.9. The molecule has 0 aliphatic rings. The molecule has 0 amide bonds.